The van der Waals surface area contributed by atoms with Crippen LogP contribution in [0.4, 0.5) is 0 Å². The summed E-state index contributed by atoms with van der Waals surface area (Å²) in [6, 6.07) is 3.31. The number of alkyl halides is 1. The van der Waals surface area contributed by atoms with Gasteiger partial charge >= 0.3 is 0 Å². The van der Waals surface area contributed by atoms with Crippen LogP contribution in [-0.2, 0) is 10.0 Å². The third-order valence-electron chi connectivity index (χ3n) is 1.42. The lowest BCUT2D eigenvalue weighted by Gasteiger charge is -2.02. The monoisotopic (exact) mass is 361 g/mol. The van der Waals surface area contributed by atoms with Gasteiger partial charge in [0.05, 0.1) is 3.79 Å². The van der Waals surface area contributed by atoms with E-state index < -0.39 is 10.0 Å². The number of nitrogens with one attached hydrogen (secondary N) is 1. The average molecular weight is 363 g/mol. The lowest BCUT2D eigenvalue weighted by molar-refractivity contribution is 0.583. The number of thiophene rings is 1. The van der Waals surface area contributed by atoms with Gasteiger partial charge in [-0.3, -0.25) is 0 Å². The summed E-state index contributed by atoms with van der Waals surface area (Å²) in [5.74, 6) is 0. The first-order chi connectivity index (χ1) is 6.56. The smallest absolute Gasteiger partial charge is 0.210 e. The molecule has 80 valence electrons. The summed E-state index contributed by atoms with van der Waals surface area (Å²) >= 11 is 7.67. The summed E-state index contributed by atoms with van der Waals surface area (Å²) in [5, 5.41) is 0.795. The molecule has 0 amide bonds. The zero-order valence-electron chi connectivity index (χ0n) is 7.16. The molecular formula is C7H9Br2NO2S2. The first kappa shape index (κ1) is 12.6. The standard InChI is InChI=1S/C7H9Br2NO2S2/c8-4-1-5-10-14(11,12)7-3-2-6(9)13-7/h2-3,10H,1,4-5H2. The Labute approximate surface area is 104 Å². The van der Waals surface area contributed by atoms with E-state index in [0.717, 1.165) is 15.5 Å². The van der Waals surface area contributed by atoms with Gasteiger partial charge in [-0.1, -0.05) is 15.9 Å². The van der Waals surface area contributed by atoms with Gasteiger partial charge in [-0.2, -0.15) is 0 Å². The molecule has 0 saturated carbocycles. The van der Waals surface area contributed by atoms with Crippen molar-refractivity contribution < 1.29 is 8.42 Å². The molecule has 0 bridgehead atoms. The van der Waals surface area contributed by atoms with Gasteiger partial charge in [0, 0.05) is 11.9 Å². The summed E-state index contributed by atoms with van der Waals surface area (Å²) in [6.45, 7) is 0.461. The molecule has 1 N–H and O–H groups in total. The third kappa shape index (κ3) is 3.62. The molecule has 0 spiro atoms. The molecule has 1 aromatic heterocycles. The highest BCUT2D eigenvalue weighted by Crippen LogP contribution is 2.25. The molecule has 0 atom stereocenters. The highest BCUT2D eigenvalue weighted by Gasteiger charge is 2.15. The fourth-order valence-corrected chi connectivity index (χ4v) is 4.20. The van der Waals surface area contributed by atoms with Crippen molar-refractivity contribution in [1.29, 1.82) is 0 Å². The van der Waals surface area contributed by atoms with Gasteiger partial charge in [-0.25, -0.2) is 13.1 Å². The number of sulfonamides is 1. The quantitative estimate of drug-likeness (QED) is 0.646. The van der Waals surface area contributed by atoms with Gasteiger partial charge in [0.15, 0.2) is 0 Å². The van der Waals surface area contributed by atoms with Gasteiger partial charge in [-0.15, -0.1) is 11.3 Å². The Balaban J connectivity index is 2.66. The van der Waals surface area contributed by atoms with Crippen LogP contribution in [0, 0.1) is 0 Å². The Hall–Kier alpha value is 0.570. The largest absolute Gasteiger partial charge is 0.250 e. The predicted molar refractivity (Wildman–Crippen MR) is 65.6 cm³/mol. The zero-order chi connectivity index (χ0) is 10.6. The van der Waals surface area contributed by atoms with E-state index in [4.69, 9.17) is 0 Å². The number of hydrogen-bond acceptors (Lipinski definition) is 3. The van der Waals surface area contributed by atoms with Crippen molar-refractivity contribution in [3.8, 4) is 0 Å². The minimum Gasteiger partial charge on any atom is -0.210 e. The molecular weight excluding hydrogens is 354 g/mol. The van der Waals surface area contributed by atoms with Crippen molar-refractivity contribution in [1.82, 2.24) is 4.72 Å². The summed E-state index contributed by atoms with van der Waals surface area (Å²) in [5.41, 5.74) is 0. The minimum absolute atomic E-state index is 0.346. The van der Waals surface area contributed by atoms with Crippen LogP contribution >= 0.6 is 43.2 Å². The van der Waals surface area contributed by atoms with E-state index in [1.54, 1.807) is 12.1 Å². The Morgan fingerprint density at radius 1 is 1.43 bits per heavy atom. The third-order valence-corrected chi connectivity index (χ3v) is 5.55. The minimum atomic E-state index is -3.29. The molecule has 0 aliphatic heterocycles. The average Bonchev–Trinajstić information content (AvgIpc) is 2.53. The number of halogens is 2. The fraction of sp³-hybridized carbons (Fsp3) is 0.429. The molecule has 1 heterocycles. The van der Waals surface area contributed by atoms with E-state index >= 15 is 0 Å². The molecule has 0 aliphatic carbocycles. The van der Waals surface area contributed by atoms with E-state index in [9.17, 15) is 8.42 Å². The summed E-state index contributed by atoms with van der Waals surface area (Å²) < 4.78 is 26.9. The molecule has 3 nitrogen and oxygen atoms in total. The second kappa shape index (κ2) is 5.60. The molecule has 0 fully saturated rings. The summed E-state index contributed by atoms with van der Waals surface area (Å²) in [7, 11) is -3.29. The predicted octanol–water partition coefficient (Wildman–Crippen LogP) is 2.57. The molecule has 1 aromatic rings. The van der Waals surface area contributed by atoms with Crippen molar-refractivity contribution in [2.45, 2.75) is 10.6 Å². The maximum atomic E-state index is 11.6. The normalized spacial score (nSPS) is 11.9. The molecule has 0 aliphatic rings. The van der Waals surface area contributed by atoms with Crippen LogP contribution < -0.4 is 4.72 Å². The Morgan fingerprint density at radius 3 is 2.64 bits per heavy atom. The van der Waals surface area contributed by atoms with Crippen molar-refractivity contribution in [2.75, 3.05) is 11.9 Å². The molecule has 1 rings (SSSR count). The van der Waals surface area contributed by atoms with Crippen LogP contribution in [0.2, 0.25) is 0 Å². The van der Waals surface area contributed by atoms with Crippen LogP contribution in [0.25, 0.3) is 0 Å². The van der Waals surface area contributed by atoms with E-state index in [2.05, 4.69) is 36.6 Å². The van der Waals surface area contributed by atoms with E-state index in [0.29, 0.717) is 10.8 Å². The second-order valence-corrected chi connectivity index (χ2v) is 7.75. The maximum Gasteiger partial charge on any atom is 0.250 e. The van der Waals surface area contributed by atoms with Gasteiger partial charge in [-0.05, 0) is 34.5 Å². The summed E-state index contributed by atoms with van der Waals surface area (Å²) in [6.07, 6.45) is 0.784. The topological polar surface area (TPSA) is 46.2 Å². The van der Waals surface area contributed by atoms with Crippen molar-refractivity contribution in [3.63, 3.8) is 0 Å². The van der Waals surface area contributed by atoms with E-state index in [1.165, 1.54) is 11.3 Å². The SMILES string of the molecule is O=S(=O)(NCCCBr)c1ccc(Br)s1. The van der Waals surface area contributed by atoms with E-state index in [1.807, 2.05) is 0 Å². The van der Waals surface area contributed by atoms with Crippen molar-refractivity contribution >= 4 is 53.2 Å². The molecule has 14 heavy (non-hydrogen) atoms. The second-order valence-electron chi connectivity index (χ2n) is 2.50. The lowest BCUT2D eigenvalue weighted by Crippen LogP contribution is -2.24. The summed E-state index contributed by atoms with van der Waals surface area (Å²) in [4.78, 5) is 0. The van der Waals surface area contributed by atoms with Crippen LogP contribution in [0.3, 0.4) is 0 Å². The van der Waals surface area contributed by atoms with Crippen LogP contribution in [0.5, 0.6) is 0 Å². The highest BCUT2D eigenvalue weighted by molar-refractivity contribution is 9.11. The molecule has 0 radical (unpaired) electrons. The lowest BCUT2D eigenvalue weighted by atomic mass is 10.5. The van der Waals surface area contributed by atoms with Gasteiger partial charge < -0.3 is 0 Å². The fourth-order valence-electron chi connectivity index (χ4n) is 0.787. The van der Waals surface area contributed by atoms with E-state index in [-0.39, 0.29) is 0 Å². The maximum absolute atomic E-state index is 11.6. The van der Waals surface area contributed by atoms with Gasteiger partial charge in [0.1, 0.15) is 4.21 Å². The molecule has 0 saturated heterocycles. The first-order valence-electron chi connectivity index (χ1n) is 3.87. The zero-order valence-corrected chi connectivity index (χ0v) is 12.0. The van der Waals surface area contributed by atoms with Crippen molar-refractivity contribution in [2.24, 2.45) is 0 Å². The van der Waals surface area contributed by atoms with Gasteiger partial charge in [0.25, 0.3) is 0 Å². The number of hydrogen-bond donors (Lipinski definition) is 1. The van der Waals surface area contributed by atoms with Crippen LogP contribution in [0.15, 0.2) is 20.1 Å². The highest BCUT2D eigenvalue weighted by atomic mass is 79.9. The molecule has 0 aromatic carbocycles. The molecule has 7 heteroatoms. The van der Waals surface area contributed by atoms with Crippen LogP contribution in [0.1, 0.15) is 6.42 Å². The Morgan fingerprint density at radius 2 is 2.14 bits per heavy atom. The van der Waals surface area contributed by atoms with Gasteiger partial charge in [0.2, 0.25) is 10.0 Å². The first-order valence-corrected chi connectivity index (χ1v) is 8.08. The number of rotatable bonds is 5. The Bertz CT molecular complexity index is 388. The van der Waals surface area contributed by atoms with Crippen LogP contribution in [-0.4, -0.2) is 20.3 Å². The van der Waals surface area contributed by atoms with Crippen molar-refractivity contribution in [3.05, 3.63) is 15.9 Å². The molecule has 0 unspecified atom stereocenters. The Kier molecular flexibility index (Phi) is 5.05.